The van der Waals surface area contributed by atoms with Gasteiger partial charge in [-0.05, 0) is 54.0 Å². The summed E-state index contributed by atoms with van der Waals surface area (Å²) in [4.78, 5) is 20.3. The first-order chi connectivity index (χ1) is 8.95. The zero-order valence-electron chi connectivity index (χ0n) is 10.4. The van der Waals surface area contributed by atoms with E-state index in [9.17, 15) is 4.79 Å². The van der Waals surface area contributed by atoms with E-state index < -0.39 is 0 Å². The zero-order chi connectivity index (χ0) is 14.0. The zero-order valence-corrected chi connectivity index (χ0v) is 12.7. The van der Waals surface area contributed by atoms with Gasteiger partial charge in [0.1, 0.15) is 11.0 Å². The van der Waals surface area contributed by atoms with E-state index in [0.717, 1.165) is 10.2 Å². The molecule has 0 aliphatic heterocycles. The van der Waals surface area contributed by atoms with Crippen LogP contribution in [0.4, 0.5) is 5.82 Å². The van der Waals surface area contributed by atoms with Crippen molar-refractivity contribution >= 4 is 39.3 Å². The molecule has 0 radical (unpaired) electrons. The standard InChI is InChI=1S/C13H11BrClN3O/c1-7-5-9(6-11(15)16-7)13(19)18-12-4-3-10(14)8(2)17-12/h3-6H,1-2H3,(H,17,18,19). The highest BCUT2D eigenvalue weighted by atomic mass is 79.9. The SMILES string of the molecule is Cc1cc(C(=O)Nc2ccc(Br)c(C)n2)cc(Cl)n1. The molecule has 0 atom stereocenters. The Morgan fingerprint density at radius 2 is 2.00 bits per heavy atom. The topological polar surface area (TPSA) is 54.9 Å². The maximum absolute atomic E-state index is 12.1. The third-order valence-electron chi connectivity index (χ3n) is 2.45. The number of carbonyl (C=O) groups is 1. The van der Waals surface area contributed by atoms with Crippen LogP contribution in [0.3, 0.4) is 0 Å². The van der Waals surface area contributed by atoms with Crippen molar-refractivity contribution in [3.8, 4) is 0 Å². The second kappa shape index (κ2) is 5.67. The van der Waals surface area contributed by atoms with E-state index in [-0.39, 0.29) is 5.91 Å². The molecule has 0 aromatic carbocycles. The minimum absolute atomic E-state index is 0.262. The van der Waals surface area contributed by atoms with Gasteiger partial charge in [0.05, 0.1) is 5.69 Å². The van der Waals surface area contributed by atoms with E-state index in [1.807, 2.05) is 13.0 Å². The van der Waals surface area contributed by atoms with Crippen molar-refractivity contribution in [3.05, 3.63) is 50.8 Å². The predicted molar refractivity (Wildman–Crippen MR) is 78.6 cm³/mol. The Kier molecular flexibility index (Phi) is 4.17. The van der Waals surface area contributed by atoms with Crippen molar-refractivity contribution in [3.63, 3.8) is 0 Å². The fourth-order valence-electron chi connectivity index (χ4n) is 1.56. The van der Waals surface area contributed by atoms with Crippen LogP contribution in [0.1, 0.15) is 21.7 Å². The Morgan fingerprint density at radius 1 is 1.26 bits per heavy atom. The number of anilines is 1. The molecule has 0 aliphatic rings. The van der Waals surface area contributed by atoms with E-state index >= 15 is 0 Å². The maximum atomic E-state index is 12.1. The van der Waals surface area contributed by atoms with Gasteiger partial charge in [-0.3, -0.25) is 4.79 Å². The lowest BCUT2D eigenvalue weighted by molar-refractivity contribution is 0.102. The van der Waals surface area contributed by atoms with E-state index in [1.54, 1.807) is 19.1 Å². The minimum atomic E-state index is -0.262. The van der Waals surface area contributed by atoms with Gasteiger partial charge < -0.3 is 5.32 Å². The number of aryl methyl sites for hydroxylation is 2. The highest BCUT2D eigenvalue weighted by Crippen LogP contribution is 2.17. The van der Waals surface area contributed by atoms with Gasteiger partial charge in [0, 0.05) is 15.7 Å². The normalized spacial score (nSPS) is 10.3. The molecule has 2 aromatic heterocycles. The quantitative estimate of drug-likeness (QED) is 0.847. The molecule has 2 rings (SSSR count). The van der Waals surface area contributed by atoms with Gasteiger partial charge in [0.2, 0.25) is 0 Å². The fraction of sp³-hybridized carbons (Fsp3) is 0.154. The Bertz CT molecular complexity index is 626. The Labute approximate surface area is 124 Å². The van der Waals surface area contributed by atoms with Gasteiger partial charge in [-0.1, -0.05) is 11.6 Å². The summed E-state index contributed by atoms with van der Waals surface area (Å²) in [7, 11) is 0. The minimum Gasteiger partial charge on any atom is -0.307 e. The van der Waals surface area contributed by atoms with Crippen LogP contribution in [0.5, 0.6) is 0 Å². The first-order valence-corrected chi connectivity index (χ1v) is 6.71. The number of aromatic nitrogens is 2. The van der Waals surface area contributed by atoms with Gasteiger partial charge in [-0.2, -0.15) is 0 Å². The number of carbonyl (C=O) groups excluding carboxylic acids is 1. The van der Waals surface area contributed by atoms with E-state index in [1.165, 1.54) is 6.07 Å². The smallest absolute Gasteiger partial charge is 0.256 e. The predicted octanol–water partition coefficient (Wildman–Crippen LogP) is 3.76. The Morgan fingerprint density at radius 3 is 2.63 bits per heavy atom. The van der Waals surface area contributed by atoms with Crippen molar-refractivity contribution in [2.24, 2.45) is 0 Å². The molecule has 4 nitrogen and oxygen atoms in total. The molecule has 2 aromatic rings. The van der Waals surface area contributed by atoms with Crippen LogP contribution in [-0.4, -0.2) is 15.9 Å². The largest absolute Gasteiger partial charge is 0.307 e. The molecule has 0 bridgehead atoms. The van der Waals surface area contributed by atoms with E-state index in [2.05, 4.69) is 31.2 Å². The third kappa shape index (κ3) is 3.52. The lowest BCUT2D eigenvalue weighted by Gasteiger charge is -2.07. The van der Waals surface area contributed by atoms with E-state index in [4.69, 9.17) is 11.6 Å². The van der Waals surface area contributed by atoms with Gasteiger partial charge >= 0.3 is 0 Å². The molecular weight excluding hydrogens is 330 g/mol. The van der Waals surface area contributed by atoms with Gasteiger partial charge in [0.25, 0.3) is 5.91 Å². The van der Waals surface area contributed by atoms with Gasteiger partial charge in [-0.25, -0.2) is 9.97 Å². The summed E-state index contributed by atoms with van der Waals surface area (Å²) in [5.41, 5.74) is 1.96. The number of amides is 1. The highest BCUT2D eigenvalue weighted by molar-refractivity contribution is 9.10. The molecule has 0 spiro atoms. The molecule has 0 saturated heterocycles. The second-order valence-corrected chi connectivity index (χ2v) is 5.28. The van der Waals surface area contributed by atoms with E-state index in [0.29, 0.717) is 22.2 Å². The van der Waals surface area contributed by atoms with Crippen LogP contribution < -0.4 is 5.32 Å². The molecule has 0 aliphatic carbocycles. The fourth-order valence-corrected chi connectivity index (χ4v) is 2.03. The molecular formula is C13H11BrClN3O. The van der Waals surface area contributed by atoms with Gasteiger partial charge in [-0.15, -0.1) is 0 Å². The summed E-state index contributed by atoms with van der Waals surface area (Å²) in [5, 5.41) is 3.02. The number of nitrogens with zero attached hydrogens (tertiary/aromatic N) is 2. The number of hydrogen-bond acceptors (Lipinski definition) is 3. The number of rotatable bonds is 2. The van der Waals surface area contributed by atoms with Crippen LogP contribution in [0, 0.1) is 13.8 Å². The third-order valence-corrected chi connectivity index (χ3v) is 3.48. The van der Waals surface area contributed by atoms with Crippen LogP contribution in [0.15, 0.2) is 28.7 Å². The number of halogens is 2. The lowest BCUT2D eigenvalue weighted by atomic mass is 10.2. The molecule has 6 heteroatoms. The van der Waals surface area contributed by atoms with Crippen molar-refractivity contribution in [1.29, 1.82) is 0 Å². The summed E-state index contributed by atoms with van der Waals surface area (Å²) in [5.74, 6) is 0.234. The average Bonchev–Trinajstić information content (AvgIpc) is 2.32. The monoisotopic (exact) mass is 339 g/mol. The Balaban J connectivity index is 2.22. The number of pyridine rings is 2. The molecule has 2 heterocycles. The maximum Gasteiger partial charge on any atom is 0.256 e. The van der Waals surface area contributed by atoms with Crippen molar-refractivity contribution < 1.29 is 4.79 Å². The van der Waals surface area contributed by atoms with Crippen LogP contribution in [0.2, 0.25) is 5.15 Å². The molecule has 1 N–H and O–H groups in total. The Hall–Kier alpha value is -1.46. The first kappa shape index (κ1) is 14.0. The molecule has 98 valence electrons. The summed E-state index contributed by atoms with van der Waals surface area (Å²) < 4.78 is 0.897. The van der Waals surface area contributed by atoms with Crippen molar-refractivity contribution in [1.82, 2.24) is 9.97 Å². The summed E-state index contributed by atoms with van der Waals surface area (Å²) in [6.45, 7) is 3.64. The summed E-state index contributed by atoms with van der Waals surface area (Å²) >= 11 is 9.19. The molecule has 0 saturated carbocycles. The molecule has 1 amide bonds. The summed E-state index contributed by atoms with van der Waals surface area (Å²) in [6, 6.07) is 6.76. The highest BCUT2D eigenvalue weighted by Gasteiger charge is 2.09. The molecule has 0 unspecified atom stereocenters. The lowest BCUT2D eigenvalue weighted by Crippen LogP contribution is -2.13. The second-order valence-electron chi connectivity index (χ2n) is 4.04. The number of nitrogens with one attached hydrogen (secondary N) is 1. The van der Waals surface area contributed by atoms with Crippen molar-refractivity contribution in [2.45, 2.75) is 13.8 Å². The average molecular weight is 341 g/mol. The molecule has 0 fully saturated rings. The first-order valence-electron chi connectivity index (χ1n) is 5.54. The number of hydrogen-bond donors (Lipinski definition) is 1. The molecule has 19 heavy (non-hydrogen) atoms. The van der Waals surface area contributed by atoms with Crippen LogP contribution in [-0.2, 0) is 0 Å². The summed E-state index contributed by atoms with van der Waals surface area (Å²) in [6.07, 6.45) is 0. The van der Waals surface area contributed by atoms with Crippen molar-refractivity contribution in [2.75, 3.05) is 5.32 Å². The van der Waals surface area contributed by atoms with Crippen LogP contribution in [0.25, 0.3) is 0 Å². The van der Waals surface area contributed by atoms with Crippen LogP contribution >= 0.6 is 27.5 Å². The van der Waals surface area contributed by atoms with Gasteiger partial charge in [0.15, 0.2) is 0 Å².